The first-order valence-corrected chi connectivity index (χ1v) is 9.39. The summed E-state index contributed by atoms with van der Waals surface area (Å²) in [4.78, 5) is 15.1. The smallest absolute Gasteiger partial charge is 0.223 e. The molecule has 2 saturated heterocycles. The molecule has 2 unspecified atom stereocenters. The second kappa shape index (κ2) is 7.96. The Morgan fingerprint density at radius 3 is 2.32 bits per heavy atom. The van der Waals surface area contributed by atoms with E-state index in [0.29, 0.717) is 30.0 Å². The molecule has 2 heterocycles. The minimum atomic E-state index is 0. The molecule has 0 spiro atoms. The summed E-state index contributed by atoms with van der Waals surface area (Å²) >= 11 is 0. The monoisotopic (exact) mass is 364 g/mol. The van der Waals surface area contributed by atoms with E-state index in [1.807, 2.05) is 12.1 Å². The number of nitrogens with one attached hydrogen (secondary N) is 1. The van der Waals surface area contributed by atoms with Crippen LogP contribution in [0.3, 0.4) is 0 Å². The van der Waals surface area contributed by atoms with E-state index in [2.05, 4.69) is 22.3 Å². The molecule has 1 aliphatic carbocycles. The Labute approximate surface area is 156 Å². The van der Waals surface area contributed by atoms with E-state index in [9.17, 15) is 4.79 Å². The van der Waals surface area contributed by atoms with E-state index < -0.39 is 0 Å². The van der Waals surface area contributed by atoms with Crippen molar-refractivity contribution in [3.05, 3.63) is 29.8 Å². The van der Waals surface area contributed by atoms with Crippen LogP contribution >= 0.6 is 12.4 Å². The third-order valence-corrected chi connectivity index (χ3v) is 5.85. The van der Waals surface area contributed by atoms with Gasteiger partial charge in [0.15, 0.2) is 0 Å². The first-order chi connectivity index (χ1) is 11.7. The Kier molecular flexibility index (Phi) is 5.90. The number of carbonyl (C=O) groups is 1. The standard InChI is InChI=1S/C20H28N2O2.ClH/c1-24-19-8-2-14(3-9-19)13-22(18-6-7-18)20(23)12-15-10-16-4-5-17(11-15)21-16;/h2-3,8-9,15-18,21H,4-7,10-13H2,1H3;1H. The van der Waals surface area contributed by atoms with Crippen LogP contribution in [-0.2, 0) is 11.3 Å². The summed E-state index contributed by atoms with van der Waals surface area (Å²) in [5.41, 5.74) is 1.20. The number of methoxy groups -OCH3 is 1. The fraction of sp³-hybridized carbons (Fsp3) is 0.650. The number of carbonyl (C=O) groups excluding carboxylic acids is 1. The number of halogens is 1. The summed E-state index contributed by atoms with van der Waals surface area (Å²) in [7, 11) is 1.68. The molecule has 3 fully saturated rings. The average molecular weight is 365 g/mol. The van der Waals surface area contributed by atoms with Crippen molar-refractivity contribution in [2.45, 2.75) is 69.6 Å². The zero-order chi connectivity index (χ0) is 16.5. The summed E-state index contributed by atoms with van der Waals surface area (Å²) in [6, 6.07) is 9.91. The number of piperidine rings is 1. The van der Waals surface area contributed by atoms with Crippen molar-refractivity contribution in [1.29, 1.82) is 0 Å². The molecule has 1 aromatic rings. The molecule has 3 aliphatic rings. The minimum Gasteiger partial charge on any atom is -0.497 e. The minimum absolute atomic E-state index is 0. The molecule has 2 aliphatic heterocycles. The van der Waals surface area contributed by atoms with Crippen molar-refractivity contribution in [1.82, 2.24) is 10.2 Å². The van der Waals surface area contributed by atoms with Crippen molar-refractivity contribution in [2.24, 2.45) is 5.92 Å². The van der Waals surface area contributed by atoms with Crippen LogP contribution in [0.15, 0.2) is 24.3 Å². The van der Waals surface area contributed by atoms with Gasteiger partial charge in [-0.3, -0.25) is 4.79 Å². The van der Waals surface area contributed by atoms with E-state index in [4.69, 9.17) is 4.74 Å². The van der Waals surface area contributed by atoms with E-state index >= 15 is 0 Å². The van der Waals surface area contributed by atoms with Gasteiger partial charge in [0.25, 0.3) is 0 Å². The first-order valence-electron chi connectivity index (χ1n) is 9.39. The molecule has 1 aromatic carbocycles. The number of rotatable bonds is 6. The molecule has 0 radical (unpaired) electrons. The lowest BCUT2D eigenvalue weighted by Crippen LogP contribution is -2.40. The van der Waals surface area contributed by atoms with E-state index in [1.54, 1.807) is 7.11 Å². The lowest BCUT2D eigenvalue weighted by Gasteiger charge is -2.31. The SMILES string of the molecule is COc1ccc(CN(C(=O)CC2CC3CCC(C2)N3)C2CC2)cc1.Cl. The Balaban J connectivity index is 0.00000182. The summed E-state index contributed by atoms with van der Waals surface area (Å²) in [5.74, 6) is 1.81. The first kappa shape index (κ1) is 18.5. The Bertz CT molecular complexity index is 576. The molecule has 1 saturated carbocycles. The topological polar surface area (TPSA) is 41.6 Å². The molecule has 2 atom stereocenters. The van der Waals surface area contributed by atoms with Crippen LogP contribution < -0.4 is 10.1 Å². The largest absolute Gasteiger partial charge is 0.497 e. The molecule has 2 bridgehead atoms. The highest BCUT2D eigenvalue weighted by atomic mass is 35.5. The van der Waals surface area contributed by atoms with Crippen LogP contribution in [0.25, 0.3) is 0 Å². The zero-order valence-corrected chi connectivity index (χ0v) is 15.8. The van der Waals surface area contributed by atoms with E-state index in [0.717, 1.165) is 18.7 Å². The highest BCUT2D eigenvalue weighted by Crippen LogP contribution is 2.35. The third-order valence-electron chi connectivity index (χ3n) is 5.85. The maximum Gasteiger partial charge on any atom is 0.223 e. The van der Waals surface area contributed by atoms with Crippen molar-refractivity contribution in [3.63, 3.8) is 0 Å². The molecule has 4 rings (SSSR count). The molecule has 5 heteroatoms. The van der Waals surface area contributed by atoms with Gasteiger partial charge in [0, 0.05) is 31.1 Å². The molecular weight excluding hydrogens is 336 g/mol. The van der Waals surface area contributed by atoms with Crippen molar-refractivity contribution < 1.29 is 9.53 Å². The summed E-state index contributed by atoms with van der Waals surface area (Å²) < 4.78 is 5.22. The number of hydrogen-bond acceptors (Lipinski definition) is 3. The number of benzene rings is 1. The Hall–Kier alpha value is -1.26. The highest BCUT2D eigenvalue weighted by Gasteiger charge is 2.37. The highest BCUT2D eigenvalue weighted by molar-refractivity contribution is 5.85. The van der Waals surface area contributed by atoms with Gasteiger partial charge in [-0.15, -0.1) is 12.4 Å². The molecule has 4 nitrogen and oxygen atoms in total. The van der Waals surface area contributed by atoms with Crippen molar-refractivity contribution >= 4 is 18.3 Å². The van der Waals surface area contributed by atoms with Gasteiger partial charge >= 0.3 is 0 Å². The van der Waals surface area contributed by atoms with Crippen LogP contribution in [-0.4, -0.2) is 36.0 Å². The normalized spacial score (nSPS) is 27.5. The Morgan fingerprint density at radius 2 is 1.76 bits per heavy atom. The van der Waals surface area contributed by atoms with Crippen molar-refractivity contribution in [3.8, 4) is 5.75 Å². The Morgan fingerprint density at radius 1 is 1.12 bits per heavy atom. The van der Waals surface area contributed by atoms with Crippen LogP contribution in [0.1, 0.15) is 50.5 Å². The van der Waals surface area contributed by atoms with E-state index in [1.165, 1.54) is 44.1 Å². The lowest BCUT2D eigenvalue weighted by molar-refractivity contribution is -0.133. The molecule has 138 valence electrons. The van der Waals surface area contributed by atoms with E-state index in [-0.39, 0.29) is 12.4 Å². The number of fused-ring (bicyclic) bond motifs is 2. The fourth-order valence-electron chi connectivity index (χ4n) is 4.44. The van der Waals surface area contributed by atoms with Gasteiger partial charge in [-0.25, -0.2) is 0 Å². The van der Waals surface area contributed by atoms with Crippen LogP contribution in [0.2, 0.25) is 0 Å². The summed E-state index contributed by atoms with van der Waals surface area (Å²) in [6.07, 6.45) is 8.04. The molecular formula is C20H29ClN2O2. The fourth-order valence-corrected chi connectivity index (χ4v) is 4.44. The van der Waals surface area contributed by atoms with Gasteiger partial charge in [0.05, 0.1) is 7.11 Å². The summed E-state index contributed by atoms with van der Waals surface area (Å²) in [6.45, 7) is 0.741. The number of nitrogens with zero attached hydrogens (tertiary/aromatic N) is 1. The predicted molar refractivity (Wildman–Crippen MR) is 101 cm³/mol. The molecule has 1 amide bonds. The second-order valence-corrected chi connectivity index (χ2v) is 7.78. The van der Waals surface area contributed by atoms with Gasteiger partial charge in [0.2, 0.25) is 5.91 Å². The van der Waals surface area contributed by atoms with Gasteiger partial charge < -0.3 is 15.0 Å². The maximum atomic E-state index is 12.9. The van der Waals surface area contributed by atoms with Gasteiger partial charge in [-0.1, -0.05) is 12.1 Å². The average Bonchev–Trinajstić information content (AvgIpc) is 3.37. The zero-order valence-electron chi connectivity index (χ0n) is 14.9. The molecule has 0 aromatic heterocycles. The second-order valence-electron chi connectivity index (χ2n) is 7.78. The van der Waals surface area contributed by atoms with Crippen LogP contribution in [0.5, 0.6) is 5.75 Å². The van der Waals surface area contributed by atoms with Gasteiger partial charge in [-0.2, -0.15) is 0 Å². The summed E-state index contributed by atoms with van der Waals surface area (Å²) in [5, 5.41) is 3.67. The van der Waals surface area contributed by atoms with Gasteiger partial charge in [0.1, 0.15) is 5.75 Å². The number of hydrogen-bond donors (Lipinski definition) is 1. The number of amides is 1. The molecule has 1 N–H and O–H groups in total. The number of ether oxygens (including phenoxy) is 1. The quantitative estimate of drug-likeness (QED) is 0.839. The van der Waals surface area contributed by atoms with Crippen LogP contribution in [0.4, 0.5) is 0 Å². The van der Waals surface area contributed by atoms with Crippen molar-refractivity contribution in [2.75, 3.05) is 7.11 Å². The molecule has 25 heavy (non-hydrogen) atoms. The van der Waals surface area contributed by atoms with Crippen LogP contribution in [0, 0.1) is 5.92 Å². The predicted octanol–water partition coefficient (Wildman–Crippen LogP) is 3.53. The third kappa shape index (κ3) is 4.48. The lowest BCUT2D eigenvalue weighted by atomic mass is 9.89. The maximum absolute atomic E-state index is 12.9. The van der Waals surface area contributed by atoms with Gasteiger partial charge in [-0.05, 0) is 62.1 Å².